The molecule has 4 heteroatoms. The van der Waals surface area contributed by atoms with Gasteiger partial charge < -0.3 is 4.74 Å². The van der Waals surface area contributed by atoms with Crippen molar-refractivity contribution in [3.8, 4) is 11.8 Å². The minimum absolute atomic E-state index is 0.146. The maximum Gasteiger partial charge on any atom is 0.137 e. The van der Waals surface area contributed by atoms with Crippen LogP contribution in [0.15, 0.2) is 24.5 Å². The van der Waals surface area contributed by atoms with Gasteiger partial charge in [-0.25, -0.2) is 0 Å². The molecule has 4 nitrogen and oxygen atoms in total. The van der Waals surface area contributed by atoms with Crippen molar-refractivity contribution < 1.29 is 4.74 Å². The number of rotatable bonds is 3. The van der Waals surface area contributed by atoms with Crippen molar-refractivity contribution in [1.29, 1.82) is 5.26 Å². The van der Waals surface area contributed by atoms with Crippen LogP contribution in [-0.4, -0.2) is 36.1 Å². The van der Waals surface area contributed by atoms with E-state index in [-0.39, 0.29) is 5.92 Å². The summed E-state index contributed by atoms with van der Waals surface area (Å²) in [5, 5.41) is 8.86. The molecule has 0 spiro atoms. The molecular formula is C12H15N3O. The lowest BCUT2D eigenvalue weighted by molar-refractivity contribution is 0.198. The van der Waals surface area contributed by atoms with Crippen LogP contribution in [0.2, 0.25) is 0 Å². The van der Waals surface area contributed by atoms with E-state index in [0.29, 0.717) is 12.6 Å². The Labute approximate surface area is 95.5 Å². The number of likely N-dealkylation sites (N-methyl/N-ethyl adjacent to an activating group) is 1. The third-order valence-corrected chi connectivity index (χ3v) is 2.95. The molecule has 1 aromatic heterocycles. The maximum absolute atomic E-state index is 8.86. The molecule has 0 bridgehead atoms. The van der Waals surface area contributed by atoms with Crippen LogP contribution in [0.1, 0.15) is 6.42 Å². The zero-order valence-electron chi connectivity index (χ0n) is 9.34. The molecule has 2 atom stereocenters. The number of hydrogen-bond acceptors (Lipinski definition) is 4. The molecule has 16 heavy (non-hydrogen) atoms. The number of pyridine rings is 1. The molecule has 1 unspecified atom stereocenters. The van der Waals surface area contributed by atoms with Gasteiger partial charge >= 0.3 is 0 Å². The third kappa shape index (κ3) is 2.50. The maximum atomic E-state index is 8.86. The summed E-state index contributed by atoms with van der Waals surface area (Å²) >= 11 is 0. The molecule has 2 rings (SSSR count). The Kier molecular flexibility index (Phi) is 3.37. The average molecular weight is 217 g/mol. The summed E-state index contributed by atoms with van der Waals surface area (Å²) in [6.07, 6.45) is 4.32. The smallest absolute Gasteiger partial charge is 0.137 e. The van der Waals surface area contributed by atoms with Gasteiger partial charge in [-0.15, -0.1) is 0 Å². The Bertz CT molecular complexity index is 374. The zero-order chi connectivity index (χ0) is 11.4. The van der Waals surface area contributed by atoms with Crippen molar-refractivity contribution in [2.24, 2.45) is 5.92 Å². The average Bonchev–Trinajstić information content (AvgIpc) is 2.69. The lowest BCUT2D eigenvalue weighted by Crippen LogP contribution is -2.30. The first kappa shape index (κ1) is 10.9. The van der Waals surface area contributed by atoms with E-state index in [4.69, 9.17) is 10.00 Å². The van der Waals surface area contributed by atoms with E-state index < -0.39 is 0 Å². The van der Waals surface area contributed by atoms with Crippen LogP contribution in [0.3, 0.4) is 0 Å². The van der Waals surface area contributed by atoms with Gasteiger partial charge in [-0.2, -0.15) is 5.26 Å². The molecule has 0 amide bonds. The first-order valence-corrected chi connectivity index (χ1v) is 5.42. The topological polar surface area (TPSA) is 49.2 Å². The van der Waals surface area contributed by atoms with Crippen LogP contribution in [0.25, 0.3) is 0 Å². The summed E-state index contributed by atoms with van der Waals surface area (Å²) in [7, 11) is 2.04. The van der Waals surface area contributed by atoms with Crippen molar-refractivity contribution in [1.82, 2.24) is 9.88 Å². The highest BCUT2D eigenvalue weighted by Gasteiger charge is 2.29. The number of ether oxygens (including phenoxy) is 1. The van der Waals surface area contributed by atoms with Crippen LogP contribution in [-0.2, 0) is 0 Å². The first-order chi connectivity index (χ1) is 7.79. The highest BCUT2D eigenvalue weighted by atomic mass is 16.5. The normalized spacial score (nSPS) is 25.2. The van der Waals surface area contributed by atoms with Crippen LogP contribution in [0.4, 0.5) is 0 Å². The second-order valence-electron chi connectivity index (χ2n) is 4.15. The molecule has 0 N–H and O–H groups in total. The van der Waals surface area contributed by atoms with Crippen LogP contribution < -0.4 is 4.74 Å². The monoisotopic (exact) mass is 217 g/mol. The molecule has 0 aromatic carbocycles. The van der Waals surface area contributed by atoms with Crippen LogP contribution in [0.5, 0.6) is 5.75 Å². The molecule has 1 aliphatic rings. The first-order valence-electron chi connectivity index (χ1n) is 5.42. The van der Waals surface area contributed by atoms with Crippen molar-refractivity contribution >= 4 is 0 Å². The van der Waals surface area contributed by atoms with Crippen LogP contribution in [0, 0.1) is 17.2 Å². The van der Waals surface area contributed by atoms with Gasteiger partial charge in [-0.1, -0.05) is 0 Å². The Hall–Kier alpha value is -1.60. The third-order valence-electron chi connectivity index (χ3n) is 2.95. The summed E-state index contributed by atoms with van der Waals surface area (Å²) in [6.45, 7) is 1.47. The quantitative estimate of drug-likeness (QED) is 0.765. The van der Waals surface area contributed by atoms with Crippen LogP contribution >= 0.6 is 0 Å². The van der Waals surface area contributed by atoms with Gasteiger partial charge in [-0.3, -0.25) is 9.88 Å². The molecule has 2 heterocycles. The van der Waals surface area contributed by atoms with E-state index >= 15 is 0 Å². The molecule has 1 aromatic rings. The molecule has 1 aliphatic heterocycles. The minimum atomic E-state index is 0.146. The summed E-state index contributed by atoms with van der Waals surface area (Å²) in [5.41, 5.74) is 0. The fraction of sp³-hybridized carbons (Fsp3) is 0.500. The lowest BCUT2D eigenvalue weighted by atomic mass is 10.1. The van der Waals surface area contributed by atoms with Gasteiger partial charge in [0.1, 0.15) is 12.4 Å². The van der Waals surface area contributed by atoms with Crippen molar-refractivity contribution in [3.63, 3.8) is 0 Å². The van der Waals surface area contributed by atoms with Gasteiger partial charge in [-0.05, 0) is 25.6 Å². The second kappa shape index (κ2) is 4.95. The molecule has 0 radical (unpaired) electrons. The van der Waals surface area contributed by atoms with Gasteiger partial charge in [0.15, 0.2) is 0 Å². The summed E-state index contributed by atoms with van der Waals surface area (Å²) < 4.78 is 5.64. The lowest BCUT2D eigenvalue weighted by Gasteiger charge is -2.19. The molecule has 1 saturated heterocycles. The predicted molar refractivity (Wildman–Crippen MR) is 59.9 cm³/mol. The molecule has 84 valence electrons. The standard InChI is InChI=1S/C12H15N3O/c1-15-8-10(6-13)5-11(15)9-16-12-3-2-4-14-7-12/h2-4,7,10-11H,5,8-9H2,1H3/t10-,11?/m1/s1. The van der Waals surface area contributed by atoms with E-state index in [0.717, 1.165) is 18.7 Å². The van der Waals surface area contributed by atoms with E-state index in [1.807, 2.05) is 19.2 Å². The number of hydrogen-bond donors (Lipinski definition) is 0. The Balaban J connectivity index is 1.85. The van der Waals surface area contributed by atoms with Crippen molar-refractivity contribution in [2.75, 3.05) is 20.2 Å². The fourth-order valence-electron chi connectivity index (χ4n) is 1.99. The molecular weight excluding hydrogens is 202 g/mol. The summed E-state index contributed by atoms with van der Waals surface area (Å²) in [4.78, 5) is 6.17. The van der Waals surface area contributed by atoms with Gasteiger partial charge in [0.05, 0.1) is 18.2 Å². The van der Waals surface area contributed by atoms with E-state index in [1.165, 1.54) is 0 Å². The fourth-order valence-corrected chi connectivity index (χ4v) is 1.99. The molecule has 1 fully saturated rings. The van der Waals surface area contributed by atoms with Gasteiger partial charge in [0.25, 0.3) is 0 Å². The molecule has 0 aliphatic carbocycles. The van der Waals surface area contributed by atoms with Gasteiger partial charge in [0, 0.05) is 18.8 Å². The van der Waals surface area contributed by atoms with Crippen molar-refractivity contribution in [2.45, 2.75) is 12.5 Å². The largest absolute Gasteiger partial charge is 0.490 e. The second-order valence-corrected chi connectivity index (χ2v) is 4.15. The minimum Gasteiger partial charge on any atom is -0.490 e. The molecule has 0 saturated carbocycles. The predicted octanol–water partition coefficient (Wildman–Crippen LogP) is 1.30. The van der Waals surface area contributed by atoms with E-state index in [1.54, 1.807) is 12.4 Å². The highest BCUT2D eigenvalue weighted by Crippen LogP contribution is 2.21. The number of likely N-dealkylation sites (tertiary alicyclic amines) is 1. The van der Waals surface area contributed by atoms with Crippen molar-refractivity contribution in [3.05, 3.63) is 24.5 Å². The highest BCUT2D eigenvalue weighted by molar-refractivity contribution is 5.15. The van der Waals surface area contributed by atoms with Gasteiger partial charge in [0.2, 0.25) is 0 Å². The Morgan fingerprint density at radius 1 is 1.69 bits per heavy atom. The number of aromatic nitrogens is 1. The zero-order valence-corrected chi connectivity index (χ0v) is 9.34. The number of nitrogens with zero attached hydrogens (tertiary/aromatic N) is 3. The summed E-state index contributed by atoms with van der Waals surface area (Å²) in [6, 6.07) is 6.40. The Morgan fingerprint density at radius 2 is 2.56 bits per heavy atom. The SMILES string of the molecule is CN1C[C@@H](C#N)CC1COc1cccnc1. The Morgan fingerprint density at radius 3 is 3.19 bits per heavy atom. The van der Waals surface area contributed by atoms with E-state index in [9.17, 15) is 0 Å². The van der Waals surface area contributed by atoms with E-state index in [2.05, 4.69) is 16.0 Å². The number of nitriles is 1. The summed E-state index contributed by atoms with van der Waals surface area (Å²) in [5.74, 6) is 0.934.